The second-order valence-electron chi connectivity index (χ2n) is 4.28. The van der Waals surface area contributed by atoms with E-state index in [1.54, 1.807) is 11.8 Å². The van der Waals surface area contributed by atoms with E-state index in [1.807, 2.05) is 30.5 Å². The lowest BCUT2D eigenvalue weighted by Gasteiger charge is -2.00. The molecule has 2 aromatic rings. The van der Waals surface area contributed by atoms with Gasteiger partial charge in [-0.3, -0.25) is 14.9 Å². The van der Waals surface area contributed by atoms with Gasteiger partial charge in [-0.05, 0) is 36.1 Å². The molecule has 0 spiro atoms. The molecule has 0 unspecified atom stereocenters. The minimum atomic E-state index is -0.516. The fraction of sp³-hybridized carbons (Fsp3) is 0.0667. The Hall–Kier alpha value is -2.67. The van der Waals surface area contributed by atoms with Crippen LogP contribution in [0, 0.1) is 10.1 Å². The predicted octanol–water partition coefficient (Wildman–Crippen LogP) is 3.08. The van der Waals surface area contributed by atoms with Gasteiger partial charge in [0, 0.05) is 22.6 Å². The van der Waals surface area contributed by atoms with E-state index in [9.17, 15) is 14.9 Å². The summed E-state index contributed by atoms with van der Waals surface area (Å²) in [4.78, 5) is 23.0. The van der Waals surface area contributed by atoms with E-state index in [-0.39, 0.29) is 5.69 Å². The number of nitro benzene ring substituents is 1. The Kier molecular flexibility index (Phi) is 5.26. The zero-order valence-corrected chi connectivity index (χ0v) is 12.5. The van der Waals surface area contributed by atoms with Gasteiger partial charge in [0.1, 0.15) is 0 Å². The fourth-order valence-electron chi connectivity index (χ4n) is 1.65. The van der Waals surface area contributed by atoms with Crippen molar-refractivity contribution in [3.8, 4) is 0 Å². The normalized spacial score (nSPS) is 10.6. The number of benzene rings is 2. The van der Waals surface area contributed by atoms with E-state index in [1.165, 1.54) is 30.5 Å². The molecular formula is C15H13N3O3S. The highest BCUT2D eigenvalue weighted by Gasteiger charge is 2.08. The quantitative estimate of drug-likeness (QED) is 0.398. The molecule has 0 aliphatic carbocycles. The summed E-state index contributed by atoms with van der Waals surface area (Å²) in [6, 6.07) is 13.0. The number of hydrogen-bond donors (Lipinski definition) is 1. The number of hydrazone groups is 1. The lowest BCUT2D eigenvalue weighted by atomic mass is 10.2. The van der Waals surface area contributed by atoms with Crippen LogP contribution in [0.2, 0.25) is 0 Å². The number of hydrogen-bond acceptors (Lipinski definition) is 5. The van der Waals surface area contributed by atoms with Gasteiger partial charge in [0.25, 0.3) is 11.6 Å². The summed E-state index contributed by atoms with van der Waals surface area (Å²) in [5.41, 5.74) is 3.49. The van der Waals surface area contributed by atoms with Gasteiger partial charge in [-0.15, -0.1) is 11.8 Å². The van der Waals surface area contributed by atoms with Gasteiger partial charge in [0.2, 0.25) is 0 Å². The topological polar surface area (TPSA) is 84.6 Å². The van der Waals surface area contributed by atoms with Crippen LogP contribution >= 0.6 is 11.8 Å². The molecular weight excluding hydrogens is 302 g/mol. The van der Waals surface area contributed by atoms with Gasteiger partial charge in [-0.25, -0.2) is 5.43 Å². The molecule has 0 saturated carbocycles. The van der Waals surface area contributed by atoms with Gasteiger partial charge in [-0.2, -0.15) is 5.10 Å². The van der Waals surface area contributed by atoms with Crippen LogP contribution in [0.3, 0.4) is 0 Å². The highest BCUT2D eigenvalue weighted by molar-refractivity contribution is 7.98. The van der Waals surface area contributed by atoms with Crippen LogP contribution in [0.1, 0.15) is 15.9 Å². The summed E-state index contributed by atoms with van der Waals surface area (Å²) in [7, 11) is 0. The van der Waals surface area contributed by atoms with Crippen molar-refractivity contribution >= 4 is 29.6 Å². The third-order valence-corrected chi connectivity index (χ3v) is 3.58. The summed E-state index contributed by atoms with van der Waals surface area (Å²) in [5.74, 6) is -0.424. The number of non-ortho nitro benzene ring substituents is 1. The number of amides is 1. The molecule has 1 N–H and O–H groups in total. The van der Waals surface area contributed by atoms with Crippen LogP contribution in [0.15, 0.2) is 58.5 Å². The number of thioether (sulfide) groups is 1. The zero-order valence-electron chi connectivity index (χ0n) is 11.7. The van der Waals surface area contributed by atoms with Crippen molar-refractivity contribution in [3.05, 3.63) is 69.8 Å². The number of nitrogens with zero attached hydrogens (tertiary/aromatic N) is 2. The Morgan fingerprint density at radius 2 is 1.82 bits per heavy atom. The number of nitrogens with one attached hydrogen (secondary N) is 1. The van der Waals surface area contributed by atoms with Crippen molar-refractivity contribution < 1.29 is 9.72 Å². The first-order valence-electron chi connectivity index (χ1n) is 6.32. The van der Waals surface area contributed by atoms with E-state index < -0.39 is 10.8 Å². The maximum atomic E-state index is 11.8. The molecule has 0 heterocycles. The third-order valence-electron chi connectivity index (χ3n) is 2.84. The van der Waals surface area contributed by atoms with E-state index in [0.717, 1.165) is 10.5 Å². The highest BCUT2D eigenvalue weighted by Crippen LogP contribution is 2.14. The van der Waals surface area contributed by atoms with E-state index in [2.05, 4.69) is 10.5 Å². The largest absolute Gasteiger partial charge is 0.271 e. The summed E-state index contributed by atoms with van der Waals surface area (Å²) < 4.78 is 0. The zero-order chi connectivity index (χ0) is 15.9. The highest BCUT2D eigenvalue weighted by atomic mass is 32.2. The fourth-order valence-corrected chi connectivity index (χ4v) is 2.06. The predicted molar refractivity (Wildman–Crippen MR) is 86.4 cm³/mol. The number of rotatable bonds is 5. The Balaban J connectivity index is 1.96. The average molecular weight is 315 g/mol. The summed E-state index contributed by atoms with van der Waals surface area (Å²) >= 11 is 1.64. The second kappa shape index (κ2) is 7.37. The molecule has 2 aromatic carbocycles. The van der Waals surface area contributed by atoms with Gasteiger partial charge < -0.3 is 0 Å². The van der Waals surface area contributed by atoms with Crippen LogP contribution in [0.5, 0.6) is 0 Å². The Morgan fingerprint density at radius 1 is 1.18 bits per heavy atom. The van der Waals surface area contributed by atoms with Gasteiger partial charge in [0.05, 0.1) is 11.1 Å². The van der Waals surface area contributed by atoms with E-state index >= 15 is 0 Å². The lowest BCUT2D eigenvalue weighted by Crippen LogP contribution is -2.17. The first kappa shape index (κ1) is 15.7. The molecule has 0 fully saturated rings. The van der Waals surface area contributed by atoms with Gasteiger partial charge in [-0.1, -0.05) is 12.1 Å². The molecule has 0 atom stereocenters. The first-order valence-corrected chi connectivity index (χ1v) is 7.54. The minimum Gasteiger partial charge on any atom is -0.267 e. The molecule has 2 rings (SSSR count). The minimum absolute atomic E-state index is 0.0612. The smallest absolute Gasteiger partial charge is 0.267 e. The van der Waals surface area contributed by atoms with Crippen molar-refractivity contribution in [1.82, 2.24) is 5.43 Å². The molecule has 0 bridgehead atoms. The van der Waals surface area contributed by atoms with Gasteiger partial charge >= 0.3 is 0 Å². The third kappa shape index (κ3) is 4.16. The maximum Gasteiger partial charge on any atom is 0.271 e. The first-order chi connectivity index (χ1) is 10.6. The van der Waals surface area contributed by atoms with Crippen molar-refractivity contribution in [2.24, 2.45) is 5.10 Å². The molecule has 22 heavy (non-hydrogen) atoms. The monoisotopic (exact) mass is 315 g/mol. The number of carbonyl (C=O) groups is 1. The number of carbonyl (C=O) groups excluding carboxylic acids is 1. The molecule has 0 aliphatic rings. The molecule has 0 aromatic heterocycles. The van der Waals surface area contributed by atoms with Crippen molar-refractivity contribution in [2.45, 2.75) is 4.90 Å². The average Bonchev–Trinajstić information content (AvgIpc) is 2.55. The van der Waals surface area contributed by atoms with Crippen LogP contribution in [-0.4, -0.2) is 23.3 Å². The van der Waals surface area contributed by atoms with Crippen LogP contribution in [-0.2, 0) is 0 Å². The Morgan fingerprint density at radius 3 is 2.36 bits per heavy atom. The van der Waals surface area contributed by atoms with Crippen LogP contribution < -0.4 is 5.43 Å². The molecule has 112 valence electrons. The molecule has 0 radical (unpaired) electrons. The summed E-state index contributed by atoms with van der Waals surface area (Å²) in [6.07, 6.45) is 3.53. The Bertz CT molecular complexity index is 697. The summed E-state index contributed by atoms with van der Waals surface area (Å²) in [6.45, 7) is 0. The van der Waals surface area contributed by atoms with E-state index in [4.69, 9.17) is 0 Å². The van der Waals surface area contributed by atoms with Crippen LogP contribution in [0.25, 0.3) is 0 Å². The standard InChI is InChI=1S/C15H13N3O3S/c1-22-14-8-2-11(3-9-14)10-16-17-15(19)12-4-6-13(7-5-12)18(20)21/h2-10H,1H3,(H,17,19)/b16-10+. The van der Waals surface area contributed by atoms with Crippen LogP contribution in [0.4, 0.5) is 5.69 Å². The molecule has 0 aliphatic heterocycles. The maximum absolute atomic E-state index is 11.8. The van der Waals surface area contributed by atoms with Crippen molar-refractivity contribution in [2.75, 3.05) is 6.26 Å². The lowest BCUT2D eigenvalue weighted by molar-refractivity contribution is -0.384. The van der Waals surface area contributed by atoms with Gasteiger partial charge in [0.15, 0.2) is 0 Å². The van der Waals surface area contributed by atoms with Crippen molar-refractivity contribution in [3.63, 3.8) is 0 Å². The molecule has 1 amide bonds. The Labute approximate surface area is 131 Å². The number of nitro groups is 1. The second-order valence-corrected chi connectivity index (χ2v) is 5.16. The van der Waals surface area contributed by atoms with E-state index in [0.29, 0.717) is 5.56 Å². The molecule has 0 saturated heterocycles. The SMILES string of the molecule is CSc1ccc(/C=N/NC(=O)c2ccc([N+](=O)[O-])cc2)cc1. The summed E-state index contributed by atoms with van der Waals surface area (Å²) in [5, 5.41) is 14.4. The van der Waals surface area contributed by atoms with Crippen molar-refractivity contribution in [1.29, 1.82) is 0 Å². The molecule has 7 heteroatoms. The molecule has 6 nitrogen and oxygen atoms in total.